The zero-order valence-electron chi connectivity index (χ0n) is 7.33. The molecule has 2 heterocycles. The van der Waals surface area contributed by atoms with Crippen LogP contribution in [0.25, 0.3) is 12.2 Å². The van der Waals surface area contributed by atoms with E-state index in [1.807, 2.05) is 29.7 Å². The SMILES string of the molecule is O=Cn1nccc1C=Cc1cccs1. The first-order valence-corrected chi connectivity index (χ1v) is 4.98. The summed E-state index contributed by atoms with van der Waals surface area (Å²) in [6.45, 7) is 0. The van der Waals surface area contributed by atoms with E-state index in [2.05, 4.69) is 5.10 Å². The lowest BCUT2D eigenvalue weighted by molar-refractivity contribution is 0.540. The fourth-order valence-corrected chi connectivity index (χ4v) is 1.72. The molecule has 0 aliphatic rings. The standard InChI is InChI=1S/C10H8N2OS/c13-8-12-9(5-6-11-12)3-4-10-2-1-7-14-10/h1-8H. The first kappa shape index (κ1) is 8.90. The molecule has 0 aliphatic heterocycles. The number of rotatable bonds is 3. The van der Waals surface area contributed by atoms with Crippen molar-refractivity contribution >= 4 is 29.9 Å². The van der Waals surface area contributed by atoms with Crippen LogP contribution in [0, 0.1) is 0 Å². The Morgan fingerprint density at radius 2 is 2.29 bits per heavy atom. The Bertz CT molecular complexity index is 442. The van der Waals surface area contributed by atoms with Crippen molar-refractivity contribution in [3.63, 3.8) is 0 Å². The van der Waals surface area contributed by atoms with Crippen LogP contribution in [-0.2, 0) is 4.79 Å². The number of carbonyl (C=O) groups excluding carboxylic acids is 1. The van der Waals surface area contributed by atoms with Crippen LogP contribution in [0.1, 0.15) is 10.6 Å². The second-order valence-electron chi connectivity index (χ2n) is 2.65. The lowest BCUT2D eigenvalue weighted by Crippen LogP contribution is -1.98. The van der Waals surface area contributed by atoms with Gasteiger partial charge < -0.3 is 0 Å². The van der Waals surface area contributed by atoms with Gasteiger partial charge >= 0.3 is 0 Å². The highest BCUT2D eigenvalue weighted by Crippen LogP contribution is 2.12. The monoisotopic (exact) mass is 204 g/mol. The molecule has 0 spiro atoms. The van der Waals surface area contributed by atoms with E-state index in [0.717, 1.165) is 10.6 Å². The molecule has 14 heavy (non-hydrogen) atoms. The highest BCUT2D eigenvalue weighted by Gasteiger charge is 1.95. The normalized spacial score (nSPS) is 10.9. The average molecular weight is 204 g/mol. The predicted molar refractivity (Wildman–Crippen MR) is 57.6 cm³/mol. The van der Waals surface area contributed by atoms with Gasteiger partial charge in [-0.15, -0.1) is 11.3 Å². The fourth-order valence-electron chi connectivity index (χ4n) is 1.10. The van der Waals surface area contributed by atoms with Gasteiger partial charge in [-0.25, -0.2) is 4.68 Å². The molecule has 0 bridgehead atoms. The summed E-state index contributed by atoms with van der Waals surface area (Å²) < 4.78 is 1.30. The minimum absolute atomic E-state index is 0.689. The molecule has 2 rings (SSSR count). The maximum absolute atomic E-state index is 10.5. The van der Waals surface area contributed by atoms with E-state index in [4.69, 9.17) is 0 Å². The van der Waals surface area contributed by atoms with Crippen molar-refractivity contribution in [3.8, 4) is 0 Å². The predicted octanol–water partition coefficient (Wildman–Crippen LogP) is 2.15. The lowest BCUT2D eigenvalue weighted by atomic mass is 10.3. The number of hydrogen-bond acceptors (Lipinski definition) is 3. The van der Waals surface area contributed by atoms with Crippen LogP contribution >= 0.6 is 11.3 Å². The highest BCUT2D eigenvalue weighted by molar-refractivity contribution is 7.10. The highest BCUT2D eigenvalue weighted by atomic mass is 32.1. The Labute approximate surface area is 85.3 Å². The first-order valence-electron chi connectivity index (χ1n) is 4.10. The zero-order valence-corrected chi connectivity index (χ0v) is 8.15. The van der Waals surface area contributed by atoms with E-state index in [1.165, 1.54) is 4.68 Å². The second-order valence-corrected chi connectivity index (χ2v) is 3.63. The quantitative estimate of drug-likeness (QED) is 0.718. The Hall–Kier alpha value is -1.68. The summed E-state index contributed by atoms with van der Waals surface area (Å²) in [6.07, 6.45) is 6.12. The van der Waals surface area contributed by atoms with Gasteiger partial charge in [-0.2, -0.15) is 5.10 Å². The molecule has 4 heteroatoms. The second kappa shape index (κ2) is 4.02. The maximum atomic E-state index is 10.5. The van der Waals surface area contributed by atoms with Crippen LogP contribution < -0.4 is 0 Å². The van der Waals surface area contributed by atoms with E-state index >= 15 is 0 Å². The Morgan fingerprint density at radius 1 is 1.36 bits per heavy atom. The van der Waals surface area contributed by atoms with Gasteiger partial charge in [0.2, 0.25) is 6.41 Å². The molecule has 0 amide bonds. The van der Waals surface area contributed by atoms with Crippen LogP contribution in [0.2, 0.25) is 0 Å². The van der Waals surface area contributed by atoms with Crippen LogP contribution in [0.3, 0.4) is 0 Å². The minimum Gasteiger partial charge on any atom is -0.276 e. The Balaban J connectivity index is 2.22. The number of thiophene rings is 1. The molecule has 3 nitrogen and oxygen atoms in total. The van der Waals surface area contributed by atoms with Gasteiger partial charge in [-0.3, -0.25) is 4.79 Å². The minimum atomic E-state index is 0.689. The summed E-state index contributed by atoms with van der Waals surface area (Å²) in [6, 6.07) is 5.79. The largest absolute Gasteiger partial charge is 0.276 e. The molecule has 2 aromatic rings. The van der Waals surface area contributed by atoms with E-state index < -0.39 is 0 Å². The summed E-state index contributed by atoms with van der Waals surface area (Å²) in [4.78, 5) is 11.7. The maximum Gasteiger partial charge on any atom is 0.234 e. The molecule has 2 aromatic heterocycles. The summed E-state index contributed by atoms with van der Waals surface area (Å²) in [5, 5.41) is 5.85. The van der Waals surface area contributed by atoms with Gasteiger partial charge in [0.1, 0.15) is 0 Å². The zero-order chi connectivity index (χ0) is 9.80. The van der Waals surface area contributed by atoms with Gasteiger partial charge in [0, 0.05) is 4.88 Å². The molecule has 0 saturated carbocycles. The third kappa shape index (κ3) is 1.80. The summed E-state index contributed by atoms with van der Waals surface area (Å²) in [5.41, 5.74) is 0.786. The van der Waals surface area contributed by atoms with Crippen LogP contribution in [0.4, 0.5) is 0 Å². The summed E-state index contributed by atoms with van der Waals surface area (Å²) in [5.74, 6) is 0. The molecule has 0 atom stereocenters. The number of nitrogens with zero attached hydrogens (tertiary/aromatic N) is 2. The van der Waals surface area contributed by atoms with Crippen LogP contribution in [0.15, 0.2) is 29.8 Å². The molecule has 0 unspecified atom stereocenters. The summed E-state index contributed by atoms with van der Waals surface area (Å²) in [7, 11) is 0. The van der Waals surface area contributed by atoms with Crippen molar-refractivity contribution in [2.75, 3.05) is 0 Å². The molecule has 0 saturated heterocycles. The number of carbonyl (C=O) groups is 1. The summed E-state index contributed by atoms with van der Waals surface area (Å²) >= 11 is 1.65. The van der Waals surface area contributed by atoms with E-state index in [0.29, 0.717) is 6.41 Å². The van der Waals surface area contributed by atoms with Crippen molar-refractivity contribution in [2.45, 2.75) is 0 Å². The van der Waals surface area contributed by atoms with Crippen molar-refractivity contribution in [2.24, 2.45) is 0 Å². The van der Waals surface area contributed by atoms with Gasteiger partial charge in [0.25, 0.3) is 0 Å². The smallest absolute Gasteiger partial charge is 0.234 e. The average Bonchev–Trinajstić information content (AvgIpc) is 2.85. The molecule has 0 aliphatic carbocycles. The van der Waals surface area contributed by atoms with Crippen molar-refractivity contribution < 1.29 is 4.79 Å². The molecular formula is C10H8N2OS. The lowest BCUT2D eigenvalue weighted by Gasteiger charge is -1.90. The molecule has 0 radical (unpaired) electrons. The van der Waals surface area contributed by atoms with E-state index in [1.54, 1.807) is 23.6 Å². The van der Waals surface area contributed by atoms with E-state index in [9.17, 15) is 4.79 Å². The fraction of sp³-hybridized carbons (Fsp3) is 0. The number of aromatic nitrogens is 2. The molecule has 0 N–H and O–H groups in total. The van der Waals surface area contributed by atoms with Gasteiger partial charge in [-0.05, 0) is 29.7 Å². The van der Waals surface area contributed by atoms with Crippen LogP contribution in [0.5, 0.6) is 0 Å². The third-order valence-electron chi connectivity index (χ3n) is 1.76. The third-order valence-corrected chi connectivity index (χ3v) is 2.60. The molecule has 70 valence electrons. The van der Waals surface area contributed by atoms with Gasteiger partial charge in [0.15, 0.2) is 0 Å². The van der Waals surface area contributed by atoms with Crippen molar-refractivity contribution in [1.82, 2.24) is 9.78 Å². The van der Waals surface area contributed by atoms with Gasteiger partial charge in [-0.1, -0.05) is 6.07 Å². The topological polar surface area (TPSA) is 34.9 Å². The van der Waals surface area contributed by atoms with Gasteiger partial charge in [0.05, 0.1) is 11.9 Å². The van der Waals surface area contributed by atoms with Crippen molar-refractivity contribution in [1.29, 1.82) is 0 Å². The number of hydrogen-bond donors (Lipinski definition) is 0. The molecule has 0 aromatic carbocycles. The Kier molecular flexibility index (Phi) is 2.55. The van der Waals surface area contributed by atoms with Crippen LogP contribution in [-0.4, -0.2) is 16.2 Å². The van der Waals surface area contributed by atoms with Crippen molar-refractivity contribution in [3.05, 3.63) is 40.3 Å². The molecular weight excluding hydrogens is 196 g/mol. The van der Waals surface area contributed by atoms with E-state index in [-0.39, 0.29) is 0 Å². The molecule has 0 fully saturated rings. The first-order chi connectivity index (χ1) is 6.90. The Morgan fingerprint density at radius 3 is 3.00 bits per heavy atom.